The van der Waals surface area contributed by atoms with Crippen molar-refractivity contribution in [3.8, 4) is 11.1 Å². The maximum atomic E-state index is 14.9. The molecule has 0 bridgehead atoms. The third-order valence-electron chi connectivity index (χ3n) is 5.09. The molecule has 0 spiro atoms. The van der Waals surface area contributed by atoms with E-state index in [1.54, 1.807) is 23.2 Å². The number of aromatic amines is 1. The first-order chi connectivity index (χ1) is 15.5. The van der Waals surface area contributed by atoms with E-state index in [1.807, 2.05) is 24.3 Å². The zero-order valence-corrected chi connectivity index (χ0v) is 17.5. The summed E-state index contributed by atoms with van der Waals surface area (Å²) in [6, 6.07) is 12.6. The quantitative estimate of drug-likeness (QED) is 0.515. The number of halogens is 1. The summed E-state index contributed by atoms with van der Waals surface area (Å²) in [4.78, 5) is 24.7. The normalized spacial score (nSPS) is 15.7. The summed E-state index contributed by atoms with van der Waals surface area (Å²) < 4.78 is 20.3. The fourth-order valence-electron chi connectivity index (χ4n) is 3.46. The largest absolute Gasteiger partial charge is 0.346 e. The minimum absolute atomic E-state index is 0.144. The second-order valence-electron chi connectivity index (χ2n) is 7.48. The van der Waals surface area contributed by atoms with E-state index < -0.39 is 17.9 Å². The van der Waals surface area contributed by atoms with E-state index in [4.69, 9.17) is 4.74 Å². The van der Waals surface area contributed by atoms with Crippen molar-refractivity contribution in [2.24, 2.45) is 0 Å². The van der Waals surface area contributed by atoms with Gasteiger partial charge in [-0.25, -0.2) is 4.39 Å². The Balaban J connectivity index is 1.37. The van der Waals surface area contributed by atoms with Crippen LogP contribution in [-0.2, 0) is 27.4 Å². The van der Waals surface area contributed by atoms with Crippen molar-refractivity contribution >= 4 is 17.5 Å². The number of H-pyrrole nitrogens is 1. The van der Waals surface area contributed by atoms with Crippen LogP contribution in [-0.4, -0.2) is 46.6 Å². The summed E-state index contributed by atoms with van der Waals surface area (Å²) in [6.45, 7) is 2.91. The topological polar surface area (TPSA) is 112 Å². The Morgan fingerprint density at radius 2 is 2.03 bits per heavy atom. The van der Waals surface area contributed by atoms with Crippen LogP contribution in [0.5, 0.6) is 0 Å². The molecule has 0 aliphatic carbocycles. The van der Waals surface area contributed by atoms with E-state index in [-0.39, 0.29) is 19.1 Å². The van der Waals surface area contributed by atoms with Gasteiger partial charge in [0.05, 0.1) is 18.4 Å². The Kier molecular flexibility index (Phi) is 6.52. The highest BCUT2D eigenvalue weighted by molar-refractivity contribution is 5.96. The van der Waals surface area contributed by atoms with E-state index in [0.717, 1.165) is 16.8 Å². The third-order valence-corrected chi connectivity index (χ3v) is 5.09. The van der Waals surface area contributed by atoms with Crippen LogP contribution in [0, 0.1) is 5.82 Å². The number of carbonyl (C=O) groups excluding carboxylic acids is 2. The molecule has 4 rings (SSSR count). The van der Waals surface area contributed by atoms with E-state index in [1.165, 1.54) is 13.0 Å². The summed E-state index contributed by atoms with van der Waals surface area (Å²) in [6.07, 6.45) is 0.893. The number of ether oxygens (including phenoxy) is 1. The van der Waals surface area contributed by atoms with Crippen molar-refractivity contribution < 1.29 is 18.7 Å². The van der Waals surface area contributed by atoms with E-state index in [9.17, 15) is 14.0 Å². The fourth-order valence-corrected chi connectivity index (χ4v) is 3.46. The molecule has 1 fully saturated rings. The van der Waals surface area contributed by atoms with Crippen LogP contribution in [0.2, 0.25) is 0 Å². The van der Waals surface area contributed by atoms with Gasteiger partial charge in [-0.05, 0) is 29.3 Å². The van der Waals surface area contributed by atoms with Gasteiger partial charge >= 0.3 is 0 Å². The Morgan fingerprint density at radius 1 is 1.22 bits per heavy atom. The third kappa shape index (κ3) is 5.16. The number of anilines is 1. The molecule has 0 saturated carbocycles. The van der Waals surface area contributed by atoms with E-state index >= 15 is 0 Å². The monoisotopic (exact) mass is 438 g/mol. The number of nitrogens with one attached hydrogen (secondary N) is 3. The van der Waals surface area contributed by atoms with Crippen LogP contribution < -0.4 is 15.5 Å². The van der Waals surface area contributed by atoms with Gasteiger partial charge < -0.3 is 15.0 Å². The Hall–Kier alpha value is -3.63. The maximum absolute atomic E-state index is 14.9. The lowest BCUT2D eigenvalue weighted by atomic mass is 10.0. The van der Waals surface area contributed by atoms with Gasteiger partial charge in [0.1, 0.15) is 12.5 Å². The minimum Gasteiger partial charge on any atom is -0.346 e. The summed E-state index contributed by atoms with van der Waals surface area (Å²) in [5.41, 5.74) is 3.77. The number of amides is 2. The average molecular weight is 438 g/mol. The molecule has 2 heterocycles. The maximum Gasteiger partial charge on any atom is 0.257 e. The van der Waals surface area contributed by atoms with Crippen LogP contribution in [0.4, 0.5) is 10.1 Å². The number of benzene rings is 2. The summed E-state index contributed by atoms with van der Waals surface area (Å²) in [5.74, 6) is -1.30. The molecule has 0 unspecified atom stereocenters. The number of rotatable bonds is 7. The fraction of sp³-hybridized carbons (Fsp3) is 0.273. The molecule has 2 aromatic carbocycles. The Labute approximate surface area is 184 Å². The molecular formula is C22H23FN6O3. The van der Waals surface area contributed by atoms with Gasteiger partial charge in [-0.15, -0.1) is 0 Å². The van der Waals surface area contributed by atoms with Gasteiger partial charge in [-0.2, -0.15) is 15.4 Å². The Bertz CT molecular complexity index is 1090. The van der Waals surface area contributed by atoms with Gasteiger partial charge in [0.2, 0.25) is 5.91 Å². The van der Waals surface area contributed by atoms with Crippen LogP contribution in [0.15, 0.2) is 48.7 Å². The van der Waals surface area contributed by atoms with Crippen LogP contribution in [0.3, 0.4) is 0 Å². The van der Waals surface area contributed by atoms with Gasteiger partial charge in [0.15, 0.2) is 6.10 Å². The lowest BCUT2D eigenvalue weighted by molar-refractivity contribution is -0.135. The number of nitrogens with zero attached hydrogens (tertiary/aromatic N) is 3. The van der Waals surface area contributed by atoms with Gasteiger partial charge in [-0.1, -0.05) is 24.3 Å². The molecule has 9 nitrogen and oxygen atoms in total. The van der Waals surface area contributed by atoms with Gasteiger partial charge in [0.25, 0.3) is 5.91 Å². The Morgan fingerprint density at radius 3 is 2.72 bits per heavy atom. The molecule has 1 aromatic heterocycles. The summed E-state index contributed by atoms with van der Waals surface area (Å²) in [7, 11) is 0. The molecule has 1 saturated heterocycles. The van der Waals surface area contributed by atoms with E-state index in [2.05, 4.69) is 26.0 Å². The van der Waals surface area contributed by atoms with Crippen molar-refractivity contribution in [2.45, 2.75) is 26.1 Å². The molecule has 0 radical (unpaired) electrons. The highest BCUT2D eigenvalue weighted by Crippen LogP contribution is 2.28. The van der Waals surface area contributed by atoms with Crippen molar-refractivity contribution in [3.05, 3.63) is 65.7 Å². The second kappa shape index (κ2) is 9.67. The molecule has 2 amide bonds. The molecule has 10 heteroatoms. The molecule has 1 aliphatic heterocycles. The smallest absolute Gasteiger partial charge is 0.257 e. The van der Waals surface area contributed by atoms with Crippen molar-refractivity contribution in [2.75, 3.05) is 18.2 Å². The second-order valence-corrected chi connectivity index (χ2v) is 7.48. The number of aromatic nitrogens is 3. The molecule has 32 heavy (non-hydrogen) atoms. The zero-order valence-electron chi connectivity index (χ0n) is 17.5. The number of hydrogen-bond donors (Lipinski definition) is 3. The first kappa shape index (κ1) is 21.6. The van der Waals surface area contributed by atoms with Crippen molar-refractivity contribution in [1.29, 1.82) is 0 Å². The number of carbonyl (C=O) groups is 2. The van der Waals surface area contributed by atoms with Gasteiger partial charge in [-0.3, -0.25) is 14.9 Å². The SMILES string of the molecule is CC(=O)NC(=O)[C@@H]1CN(c2ccc(-c3ccc(CNCc4cn[nH]n4)cc3)c(F)c2)CO1. The number of imide groups is 1. The standard InChI is InChI=1S/C22H23FN6O3/c1-14(30)26-22(31)21-12-29(13-32-21)18-6-7-19(20(23)8-18)16-4-2-15(3-5-16)9-24-10-17-11-25-28-27-17/h2-8,11,21,24H,9-10,12-13H2,1H3,(H,25,27,28)(H,26,30,31)/t21-/m0/s1. The summed E-state index contributed by atoms with van der Waals surface area (Å²) in [5, 5.41) is 15.8. The van der Waals surface area contributed by atoms with Crippen molar-refractivity contribution in [1.82, 2.24) is 26.0 Å². The summed E-state index contributed by atoms with van der Waals surface area (Å²) >= 11 is 0. The van der Waals surface area contributed by atoms with Crippen LogP contribution in [0.25, 0.3) is 11.1 Å². The molecule has 3 N–H and O–H groups in total. The molecule has 166 valence electrons. The van der Waals surface area contributed by atoms with Crippen molar-refractivity contribution in [3.63, 3.8) is 0 Å². The predicted molar refractivity (Wildman–Crippen MR) is 115 cm³/mol. The lowest BCUT2D eigenvalue weighted by Gasteiger charge is -2.17. The van der Waals surface area contributed by atoms with E-state index in [0.29, 0.717) is 24.3 Å². The zero-order chi connectivity index (χ0) is 22.5. The first-order valence-electron chi connectivity index (χ1n) is 10.1. The molecule has 3 aromatic rings. The lowest BCUT2D eigenvalue weighted by Crippen LogP contribution is -2.39. The van der Waals surface area contributed by atoms with Gasteiger partial charge in [0, 0.05) is 31.3 Å². The minimum atomic E-state index is -0.771. The average Bonchev–Trinajstić information content (AvgIpc) is 3.46. The predicted octanol–water partition coefficient (Wildman–Crippen LogP) is 1.73. The molecule has 1 atom stereocenters. The highest BCUT2D eigenvalue weighted by atomic mass is 19.1. The van der Waals surface area contributed by atoms with Crippen LogP contribution >= 0.6 is 0 Å². The van der Waals surface area contributed by atoms with Crippen LogP contribution in [0.1, 0.15) is 18.2 Å². The molecule has 1 aliphatic rings. The first-order valence-corrected chi connectivity index (χ1v) is 10.1. The number of hydrogen-bond acceptors (Lipinski definition) is 7. The highest BCUT2D eigenvalue weighted by Gasteiger charge is 2.30. The molecular weight excluding hydrogens is 415 g/mol.